The number of hydrogen-bond donors (Lipinski definition) is 2. The molecule has 0 atom stereocenters. The molecule has 1 aromatic rings. The van der Waals surface area contributed by atoms with Crippen molar-refractivity contribution in [1.82, 2.24) is 5.32 Å². The number of nitrogens with two attached hydrogens (primary N) is 1. The van der Waals surface area contributed by atoms with E-state index in [1.54, 1.807) is 18.2 Å². The number of carbonyl (C=O) groups excluding carboxylic acids is 1. The van der Waals surface area contributed by atoms with Crippen molar-refractivity contribution in [1.29, 1.82) is 0 Å². The van der Waals surface area contributed by atoms with Crippen LogP contribution in [0.4, 0.5) is 0 Å². The van der Waals surface area contributed by atoms with Crippen LogP contribution in [0.5, 0.6) is 0 Å². The van der Waals surface area contributed by atoms with Gasteiger partial charge in [-0.25, -0.2) is 0 Å². The van der Waals surface area contributed by atoms with Crippen LogP contribution >= 0.6 is 23.2 Å². The fraction of sp³-hybridized carbons (Fsp3) is 0.364. The molecule has 5 heteroatoms. The van der Waals surface area contributed by atoms with Gasteiger partial charge < -0.3 is 11.1 Å². The molecule has 0 radical (unpaired) electrons. The van der Waals surface area contributed by atoms with Crippen LogP contribution in [0.3, 0.4) is 0 Å². The molecule has 0 bridgehead atoms. The molecule has 3 nitrogen and oxygen atoms in total. The second-order valence-corrected chi connectivity index (χ2v) is 4.25. The maximum atomic E-state index is 11.3. The molecule has 0 saturated heterocycles. The Labute approximate surface area is 105 Å². The van der Waals surface area contributed by atoms with E-state index in [-0.39, 0.29) is 5.91 Å². The van der Waals surface area contributed by atoms with Crippen molar-refractivity contribution in [3.05, 3.63) is 33.8 Å². The third kappa shape index (κ3) is 4.39. The summed E-state index contributed by atoms with van der Waals surface area (Å²) in [5.41, 5.74) is 6.16. The minimum atomic E-state index is -0.0172. The Balaban J connectivity index is 2.45. The van der Waals surface area contributed by atoms with Crippen LogP contribution in [0.1, 0.15) is 18.4 Å². The fourth-order valence-electron chi connectivity index (χ4n) is 1.21. The molecule has 0 heterocycles. The third-order valence-electron chi connectivity index (χ3n) is 2.10. The number of nitrogens with one attached hydrogen (secondary N) is 1. The van der Waals surface area contributed by atoms with E-state index in [0.717, 1.165) is 5.56 Å². The van der Waals surface area contributed by atoms with Gasteiger partial charge in [-0.15, -0.1) is 0 Å². The minimum Gasteiger partial charge on any atom is -0.352 e. The topological polar surface area (TPSA) is 55.1 Å². The van der Waals surface area contributed by atoms with E-state index >= 15 is 0 Å². The molecule has 88 valence electrons. The van der Waals surface area contributed by atoms with E-state index in [0.29, 0.717) is 36.0 Å². The molecule has 3 N–H and O–H groups in total. The third-order valence-corrected chi connectivity index (χ3v) is 2.69. The molecule has 0 aliphatic heterocycles. The molecule has 0 aromatic heterocycles. The first-order valence-corrected chi connectivity index (χ1v) is 5.79. The SMILES string of the molecule is NCCCC(=O)NCc1ccc(Cl)cc1Cl. The molecule has 1 aromatic carbocycles. The van der Waals surface area contributed by atoms with E-state index in [1.165, 1.54) is 0 Å². The lowest BCUT2D eigenvalue weighted by atomic mass is 10.2. The summed E-state index contributed by atoms with van der Waals surface area (Å²) in [7, 11) is 0. The molecule has 0 aliphatic carbocycles. The van der Waals surface area contributed by atoms with Crippen molar-refractivity contribution in [2.45, 2.75) is 19.4 Å². The summed E-state index contributed by atoms with van der Waals surface area (Å²) in [5, 5.41) is 3.92. The first-order chi connectivity index (χ1) is 7.63. The molecule has 1 rings (SSSR count). The van der Waals surface area contributed by atoms with Gasteiger partial charge in [0.25, 0.3) is 0 Å². The number of halogens is 2. The number of amides is 1. The lowest BCUT2D eigenvalue weighted by Crippen LogP contribution is -2.23. The van der Waals surface area contributed by atoms with E-state index in [1.807, 2.05) is 0 Å². The molecule has 0 saturated carbocycles. The molecule has 1 amide bonds. The van der Waals surface area contributed by atoms with Gasteiger partial charge in [-0.05, 0) is 30.7 Å². The summed E-state index contributed by atoms with van der Waals surface area (Å²) in [6.07, 6.45) is 1.14. The van der Waals surface area contributed by atoms with Crippen LogP contribution < -0.4 is 11.1 Å². The van der Waals surface area contributed by atoms with E-state index in [4.69, 9.17) is 28.9 Å². The van der Waals surface area contributed by atoms with Crippen LogP contribution in [0.25, 0.3) is 0 Å². The van der Waals surface area contributed by atoms with Crippen molar-refractivity contribution in [2.24, 2.45) is 5.73 Å². The second-order valence-electron chi connectivity index (χ2n) is 3.40. The lowest BCUT2D eigenvalue weighted by molar-refractivity contribution is -0.121. The van der Waals surface area contributed by atoms with Crippen LogP contribution in [0.2, 0.25) is 10.0 Å². The Morgan fingerprint density at radius 3 is 2.75 bits per heavy atom. The highest BCUT2D eigenvalue weighted by Gasteiger charge is 2.04. The first kappa shape index (κ1) is 13.3. The zero-order valence-corrected chi connectivity index (χ0v) is 10.3. The smallest absolute Gasteiger partial charge is 0.220 e. The van der Waals surface area contributed by atoms with Crippen molar-refractivity contribution in [3.8, 4) is 0 Å². The molecule has 0 spiro atoms. The second kappa shape index (κ2) is 6.74. The maximum absolute atomic E-state index is 11.3. The van der Waals surface area contributed by atoms with Crippen molar-refractivity contribution >= 4 is 29.1 Å². The molecule has 0 fully saturated rings. The van der Waals surface area contributed by atoms with Gasteiger partial charge in [-0.2, -0.15) is 0 Å². The maximum Gasteiger partial charge on any atom is 0.220 e. The van der Waals surface area contributed by atoms with Crippen molar-refractivity contribution in [3.63, 3.8) is 0 Å². The summed E-state index contributed by atoms with van der Waals surface area (Å²) in [4.78, 5) is 11.3. The summed E-state index contributed by atoms with van der Waals surface area (Å²) in [6.45, 7) is 0.939. The monoisotopic (exact) mass is 260 g/mol. The number of carbonyl (C=O) groups is 1. The number of rotatable bonds is 5. The van der Waals surface area contributed by atoms with Gasteiger partial charge in [0.05, 0.1) is 0 Å². The Morgan fingerprint density at radius 1 is 1.38 bits per heavy atom. The van der Waals surface area contributed by atoms with E-state index < -0.39 is 0 Å². The summed E-state index contributed by atoms with van der Waals surface area (Å²) in [6, 6.07) is 5.20. The Kier molecular flexibility index (Phi) is 5.60. The standard InChI is InChI=1S/C11H14Cl2N2O/c12-9-4-3-8(10(13)6-9)7-15-11(16)2-1-5-14/h3-4,6H,1-2,5,7,14H2,(H,15,16). The Hall–Kier alpha value is -0.770. The van der Waals surface area contributed by atoms with Crippen LogP contribution in [-0.4, -0.2) is 12.5 Å². The highest BCUT2D eigenvalue weighted by Crippen LogP contribution is 2.20. The average molecular weight is 261 g/mol. The van der Waals surface area contributed by atoms with Gasteiger partial charge in [-0.1, -0.05) is 29.3 Å². The quantitative estimate of drug-likeness (QED) is 0.854. The van der Waals surface area contributed by atoms with E-state index in [9.17, 15) is 4.79 Å². The van der Waals surface area contributed by atoms with Gasteiger partial charge in [0.2, 0.25) is 5.91 Å². The molecule has 16 heavy (non-hydrogen) atoms. The van der Waals surface area contributed by atoms with Crippen LogP contribution in [-0.2, 0) is 11.3 Å². The van der Waals surface area contributed by atoms with Crippen LogP contribution in [0.15, 0.2) is 18.2 Å². The average Bonchev–Trinajstić information content (AvgIpc) is 2.25. The minimum absolute atomic E-state index is 0.0172. The Bertz CT molecular complexity index is 369. The first-order valence-electron chi connectivity index (χ1n) is 5.04. The predicted molar refractivity (Wildman–Crippen MR) is 66.6 cm³/mol. The number of hydrogen-bond acceptors (Lipinski definition) is 2. The predicted octanol–water partition coefficient (Wildman–Crippen LogP) is 2.35. The normalized spacial score (nSPS) is 10.2. The van der Waals surface area contributed by atoms with Gasteiger partial charge in [0.1, 0.15) is 0 Å². The zero-order chi connectivity index (χ0) is 12.0. The van der Waals surface area contributed by atoms with Crippen LogP contribution in [0, 0.1) is 0 Å². The Morgan fingerprint density at radius 2 is 2.12 bits per heavy atom. The summed E-state index contributed by atoms with van der Waals surface area (Å²) >= 11 is 11.7. The highest BCUT2D eigenvalue weighted by atomic mass is 35.5. The highest BCUT2D eigenvalue weighted by molar-refractivity contribution is 6.35. The molecule has 0 aliphatic rings. The molecular weight excluding hydrogens is 247 g/mol. The fourth-order valence-corrected chi connectivity index (χ4v) is 1.69. The summed E-state index contributed by atoms with van der Waals surface area (Å²) in [5.74, 6) is -0.0172. The van der Waals surface area contributed by atoms with Gasteiger partial charge in [0.15, 0.2) is 0 Å². The largest absolute Gasteiger partial charge is 0.352 e. The van der Waals surface area contributed by atoms with Crippen molar-refractivity contribution in [2.75, 3.05) is 6.54 Å². The van der Waals surface area contributed by atoms with Gasteiger partial charge in [0, 0.05) is 23.0 Å². The van der Waals surface area contributed by atoms with E-state index in [2.05, 4.69) is 5.32 Å². The molecule has 0 unspecified atom stereocenters. The number of benzene rings is 1. The zero-order valence-electron chi connectivity index (χ0n) is 8.80. The summed E-state index contributed by atoms with van der Waals surface area (Å²) < 4.78 is 0. The van der Waals surface area contributed by atoms with Gasteiger partial charge in [-0.3, -0.25) is 4.79 Å². The van der Waals surface area contributed by atoms with Gasteiger partial charge >= 0.3 is 0 Å². The lowest BCUT2D eigenvalue weighted by Gasteiger charge is -2.06. The van der Waals surface area contributed by atoms with Crippen molar-refractivity contribution < 1.29 is 4.79 Å². The molecular formula is C11H14Cl2N2O.